The quantitative estimate of drug-likeness (QED) is 0.317. The minimum absolute atomic E-state index is 0.0802. The number of carbonyl (C=O) groups excluding carboxylic acids is 4. The van der Waals surface area contributed by atoms with Gasteiger partial charge in [0.2, 0.25) is 11.8 Å². The van der Waals surface area contributed by atoms with Gasteiger partial charge >= 0.3 is 10.1 Å². The summed E-state index contributed by atoms with van der Waals surface area (Å²) in [6.07, 6.45) is 4.12. The lowest BCUT2D eigenvalue weighted by Gasteiger charge is -2.29. The van der Waals surface area contributed by atoms with Gasteiger partial charge in [-0.15, -0.1) is 0 Å². The van der Waals surface area contributed by atoms with Gasteiger partial charge < -0.3 is 29.8 Å². The van der Waals surface area contributed by atoms with Crippen LogP contribution in [0.2, 0.25) is 0 Å². The Morgan fingerprint density at radius 2 is 2.03 bits per heavy atom. The first kappa shape index (κ1) is 27.1. The lowest BCUT2D eigenvalue weighted by Crippen LogP contribution is -2.53. The second-order valence-corrected chi connectivity index (χ2v) is 12.2. The van der Waals surface area contributed by atoms with E-state index in [0.717, 1.165) is 25.5 Å². The zero-order valence-corrected chi connectivity index (χ0v) is 22.3. The average molecular weight is 561 g/mol. The SMILES string of the molecule is CS(=O)(=O)Oc1cccc2[nH]c(C(=O)N3C[C@@H]4CCC[C@@H]4[C@H]3C(=O)N[C@@H](C[C@@H]3CCNC3=O)C(=O)CO)cc12. The van der Waals surface area contributed by atoms with Gasteiger partial charge in [0.05, 0.1) is 12.3 Å². The summed E-state index contributed by atoms with van der Waals surface area (Å²) in [4.78, 5) is 56.5. The predicted molar refractivity (Wildman–Crippen MR) is 139 cm³/mol. The highest BCUT2D eigenvalue weighted by Crippen LogP contribution is 2.43. The predicted octanol–water partition coefficient (Wildman–Crippen LogP) is 0.319. The van der Waals surface area contributed by atoms with E-state index in [1.165, 1.54) is 17.0 Å². The number of fused-ring (bicyclic) bond motifs is 2. The molecule has 1 aromatic heterocycles. The maximum absolute atomic E-state index is 13.8. The number of likely N-dealkylation sites (tertiary alicyclic amines) is 1. The van der Waals surface area contributed by atoms with Crippen LogP contribution >= 0.6 is 0 Å². The van der Waals surface area contributed by atoms with Gasteiger partial charge in [-0.1, -0.05) is 12.5 Å². The Bertz CT molecular complexity index is 1420. The Morgan fingerprint density at radius 3 is 2.72 bits per heavy atom. The van der Waals surface area contributed by atoms with Gasteiger partial charge in [0.1, 0.15) is 18.3 Å². The van der Waals surface area contributed by atoms with Crippen molar-refractivity contribution >= 4 is 44.5 Å². The number of benzene rings is 1. The summed E-state index contributed by atoms with van der Waals surface area (Å²) in [7, 11) is -3.79. The second-order valence-electron chi connectivity index (χ2n) is 10.6. The summed E-state index contributed by atoms with van der Waals surface area (Å²) in [6, 6.07) is 4.43. The van der Waals surface area contributed by atoms with E-state index < -0.39 is 52.3 Å². The molecule has 1 aliphatic carbocycles. The van der Waals surface area contributed by atoms with E-state index in [2.05, 4.69) is 15.6 Å². The summed E-state index contributed by atoms with van der Waals surface area (Å²) >= 11 is 0. The molecule has 3 fully saturated rings. The Labute approximate surface area is 225 Å². The number of rotatable bonds is 9. The van der Waals surface area contributed by atoms with Gasteiger partial charge in [-0.05, 0) is 55.7 Å². The number of H-pyrrole nitrogens is 1. The number of amides is 3. The third kappa shape index (κ3) is 5.50. The van der Waals surface area contributed by atoms with E-state index >= 15 is 0 Å². The number of aromatic amines is 1. The molecule has 3 aliphatic rings. The lowest BCUT2D eigenvalue weighted by atomic mass is 9.92. The minimum atomic E-state index is -3.79. The molecule has 13 heteroatoms. The Hall–Kier alpha value is -3.45. The van der Waals surface area contributed by atoms with Crippen molar-refractivity contribution in [2.24, 2.45) is 17.8 Å². The molecule has 2 aliphatic heterocycles. The van der Waals surface area contributed by atoms with Crippen molar-refractivity contribution in [3.8, 4) is 5.75 Å². The van der Waals surface area contributed by atoms with E-state index in [1.54, 1.807) is 12.1 Å². The molecular weight excluding hydrogens is 528 g/mol. The summed E-state index contributed by atoms with van der Waals surface area (Å²) < 4.78 is 28.5. The van der Waals surface area contributed by atoms with Crippen molar-refractivity contribution in [3.63, 3.8) is 0 Å². The van der Waals surface area contributed by atoms with Crippen LogP contribution in [0.15, 0.2) is 24.3 Å². The molecule has 0 unspecified atom stereocenters. The van der Waals surface area contributed by atoms with Gasteiger partial charge in [-0.2, -0.15) is 8.42 Å². The van der Waals surface area contributed by atoms with E-state index in [1.807, 2.05) is 0 Å². The van der Waals surface area contributed by atoms with Crippen LogP contribution in [0, 0.1) is 17.8 Å². The normalized spacial score (nSPS) is 25.4. The van der Waals surface area contributed by atoms with Crippen LogP contribution < -0.4 is 14.8 Å². The maximum atomic E-state index is 13.8. The van der Waals surface area contributed by atoms with Crippen LogP contribution in [0.4, 0.5) is 0 Å². The molecule has 0 spiro atoms. The lowest BCUT2D eigenvalue weighted by molar-refractivity contribution is -0.133. The highest BCUT2D eigenvalue weighted by Gasteiger charge is 2.50. The molecule has 12 nitrogen and oxygen atoms in total. The monoisotopic (exact) mass is 560 g/mol. The zero-order chi connectivity index (χ0) is 27.9. The molecule has 39 heavy (non-hydrogen) atoms. The average Bonchev–Trinajstić information content (AvgIpc) is 3.66. The van der Waals surface area contributed by atoms with Crippen molar-refractivity contribution in [2.45, 2.75) is 44.2 Å². The standard InChI is InChI=1S/C26H32N4O8S/c1-39(36,37)38-22-7-3-6-18-17(22)11-20(28-18)26(35)30-12-15-4-2-5-16(15)23(30)25(34)29-19(21(32)13-31)10-14-8-9-27-24(14)33/h3,6-7,11,14-16,19,23,28,31H,2,4-5,8-10,12-13H2,1H3,(H,27,33)(H,29,34)/t14-,15-,16-,19-,23-/m0/s1. The third-order valence-electron chi connectivity index (χ3n) is 8.06. The molecule has 1 saturated carbocycles. The van der Waals surface area contributed by atoms with Gasteiger partial charge in [0.25, 0.3) is 5.91 Å². The fourth-order valence-corrected chi connectivity index (χ4v) is 6.75. The number of hydrogen-bond donors (Lipinski definition) is 4. The molecular formula is C26H32N4O8S. The van der Waals surface area contributed by atoms with Crippen molar-refractivity contribution in [1.29, 1.82) is 0 Å². The summed E-state index contributed by atoms with van der Waals surface area (Å²) in [5.74, 6) is -2.00. The fraction of sp³-hybridized carbons (Fsp3) is 0.538. The molecule has 2 aromatic rings. The van der Waals surface area contributed by atoms with E-state index in [4.69, 9.17) is 4.18 Å². The van der Waals surface area contributed by atoms with Crippen LogP contribution in [0.25, 0.3) is 10.9 Å². The second kappa shape index (κ2) is 10.6. The number of carbonyl (C=O) groups is 4. The Morgan fingerprint density at radius 1 is 1.23 bits per heavy atom. The molecule has 5 rings (SSSR count). The highest BCUT2D eigenvalue weighted by atomic mass is 32.2. The molecule has 3 amide bonds. The molecule has 0 radical (unpaired) electrons. The van der Waals surface area contributed by atoms with Crippen LogP contribution in [-0.2, 0) is 24.5 Å². The van der Waals surface area contributed by atoms with Gasteiger partial charge in [0, 0.05) is 29.9 Å². The van der Waals surface area contributed by atoms with Crippen LogP contribution in [0.3, 0.4) is 0 Å². The van der Waals surface area contributed by atoms with Crippen LogP contribution in [0.1, 0.15) is 42.6 Å². The number of ketones is 1. The summed E-state index contributed by atoms with van der Waals surface area (Å²) in [5.41, 5.74) is 0.682. The molecule has 1 aromatic carbocycles. The summed E-state index contributed by atoms with van der Waals surface area (Å²) in [6.45, 7) is 0.0898. The molecule has 5 atom stereocenters. The number of aliphatic hydroxyl groups is 1. The third-order valence-corrected chi connectivity index (χ3v) is 8.54. The largest absolute Gasteiger partial charge is 0.389 e. The van der Waals surface area contributed by atoms with E-state index in [-0.39, 0.29) is 35.6 Å². The topological polar surface area (TPSA) is 175 Å². The number of nitrogens with one attached hydrogen (secondary N) is 3. The fourth-order valence-electron chi connectivity index (χ4n) is 6.28. The first-order valence-corrected chi connectivity index (χ1v) is 14.9. The first-order chi connectivity index (χ1) is 18.6. The van der Waals surface area contributed by atoms with Crippen LogP contribution in [-0.4, -0.2) is 84.9 Å². The number of hydrogen-bond acceptors (Lipinski definition) is 8. The van der Waals surface area contributed by atoms with E-state index in [9.17, 15) is 32.7 Å². The van der Waals surface area contributed by atoms with Crippen molar-refractivity contribution < 1.29 is 36.9 Å². The van der Waals surface area contributed by atoms with Crippen molar-refractivity contribution in [1.82, 2.24) is 20.5 Å². The number of aliphatic hydroxyl groups excluding tert-OH is 1. The molecule has 3 heterocycles. The van der Waals surface area contributed by atoms with Crippen LogP contribution in [0.5, 0.6) is 5.75 Å². The van der Waals surface area contributed by atoms with Gasteiger partial charge in [0.15, 0.2) is 11.5 Å². The Kier molecular flexibility index (Phi) is 7.38. The highest BCUT2D eigenvalue weighted by molar-refractivity contribution is 7.86. The Balaban J connectivity index is 1.40. The van der Waals surface area contributed by atoms with Gasteiger partial charge in [-0.25, -0.2) is 0 Å². The van der Waals surface area contributed by atoms with Crippen molar-refractivity contribution in [3.05, 3.63) is 30.0 Å². The number of Topliss-reactive ketones (excluding diaryl/α,β-unsaturated/α-hetero) is 1. The minimum Gasteiger partial charge on any atom is -0.389 e. The molecule has 0 bridgehead atoms. The number of aromatic nitrogens is 1. The molecule has 2 saturated heterocycles. The van der Waals surface area contributed by atoms with Crippen molar-refractivity contribution in [2.75, 3.05) is 26.0 Å². The zero-order valence-electron chi connectivity index (χ0n) is 21.5. The first-order valence-electron chi connectivity index (χ1n) is 13.1. The molecule has 210 valence electrons. The molecule has 4 N–H and O–H groups in total. The van der Waals surface area contributed by atoms with E-state index in [0.29, 0.717) is 30.4 Å². The smallest absolute Gasteiger partial charge is 0.306 e. The number of nitrogens with zero attached hydrogens (tertiary/aromatic N) is 1. The maximum Gasteiger partial charge on any atom is 0.306 e. The van der Waals surface area contributed by atoms with Gasteiger partial charge in [-0.3, -0.25) is 19.2 Å². The summed E-state index contributed by atoms with van der Waals surface area (Å²) in [5, 5.41) is 15.4.